The molecule has 1 rings (SSSR count). The summed E-state index contributed by atoms with van der Waals surface area (Å²) in [7, 11) is 0. The van der Waals surface area contributed by atoms with E-state index >= 15 is 0 Å². The fourth-order valence-electron chi connectivity index (χ4n) is 1.18. The van der Waals surface area contributed by atoms with Crippen molar-refractivity contribution < 1.29 is 19.2 Å². The normalized spacial score (nSPS) is 12.1. The molecule has 0 aliphatic carbocycles. The molecule has 0 aromatic carbocycles. The van der Waals surface area contributed by atoms with Crippen LogP contribution in [0, 0.1) is 6.92 Å². The maximum Gasteiger partial charge on any atom is 0.303 e. The average Bonchev–Trinajstić information content (AvgIpc) is 2.62. The van der Waals surface area contributed by atoms with Crippen LogP contribution in [0.2, 0.25) is 0 Å². The van der Waals surface area contributed by atoms with Gasteiger partial charge in [-0.1, -0.05) is 5.16 Å². The summed E-state index contributed by atoms with van der Waals surface area (Å²) < 4.78 is 4.76. The van der Waals surface area contributed by atoms with Crippen LogP contribution in [-0.4, -0.2) is 28.2 Å². The SMILES string of the molecule is Cc1cc(C(=O)NC(C)CCC(=O)O)no1. The van der Waals surface area contributed by atoms with E-state index in [0.717, 1.165) is 0 Å². The summed E-state index contributed by atoms with van der Waals surface area (Å²) in [6.07, 6.45) is 0.414. The summed E-state index contributed by atoms with van der Waals surface area (Å²) in [5.41, 5.74) is 0.208. The van der Waals surface area contributed by atoms with Gasteiger partial charge in [-0.2, -0.15) is 0 Å². The van der Waals surface area contributed by atoms with Gasteiger partial charge in [0.2, 0.25) is 0 Å². The molecule has 0 saturated heterocycles. The molecule has 0 aliphatic rings. The molecule has 2 N–H and O–H groups in total. The molecule has 6 nitrogen and oxygen atoms in total. The Kier molecular flexibility index (Phi) is 4.04. The number of amides is 1. The van der Waals surface area contributed by atoms with Gasteiger partial charge in [-0.05, 0) is 20.3 Å². The van der Waals surface area contributed by atoms with Crippen molar-refractivity contribution in [3.8, 4) is 0 Å². The zero-order valence-electron chi connectivity index (χ0n) is 9.19. The highest BCUT2D eigenvalue weighted by molar-refractivity contribution is 5.92. The van der Waals surface area contributed by atoms with Gasteiger partial charge in [0.05, 0.1) is 0 Å². The largest absolute Gasteiger partial charge is 0.481 e. The third-order valence-corrected chi connectivity index (χ3v) is 2.03. The van der Waals surface area contributed by atoms with Crippen LogP contribution in [0.1, 0.15) is 36.0 Å². The second-order valence-electron chi connectivity index (χ2n) is 3.63. The molecule has 1 aromatic rings. The van der Waals surface area contributed by atoms with E-state index in [1.54, 1.807) is 13.8 Å². The van der Waals surface area contributed by atoms with E-state index < -0.39 is 5.97 Å². The first-order valence-electron chi connectivity index (χ1n) is 4.95. The van der Waals surface area contributed by atoms with Crippen molar-refractivity contribution in [1.82, 2.24) is 10.5 Å². The molecule has 16 heavy (non-hydrogen) atoms. The smallest absolute Gasteiger partial charge is 0.303 e. The number of carbonyl (C=O) groups excluding carboxylic acids is 1. The van der Waals surface area contributed by atoms with Crippen LogP contribution in [0.4, 0.5) is 0 Å². The van der Waals surface area contributed by atoms with E-state index in [-0.39, 0.29) is 24.1 Å². The van der Waals surface area contributed by atoms with Gasteiger partial charge in [-0.15, -0.1) is 0 Å². The monoisotopic (exact) mass is 226 g/mol. The number of rotatable bonds is 5. The maximum absolute atomic E-state index is 11.5. The van der Waals surface area contributed by atoms with Gasteiger partial charge in [0.15, 0.2) is 5.69 Å². The maximum atomic E-state index is 11.5. The van der Waals surface area contributed by atoms with Crippen LogP contribution in [0.25, 0.3) is 0 Å². The van der Waals surface area contributed by atoms with Crippen molar-refractivity contribution >= 4 is 11.9 Å². The van der Waals surface area contributed by atoms with Crippen LogP contribution < -0.4 is 5.32 Å². The first kappa shape index (κ1) is 12.2. The summed E-state index contributed by atoms with van der Waals surface area (Å²) >= 11 is 0. The standard InChI is InChI=1S/C10H14N2O4/c1-6(3-4-9(13)14)11-10(15)8-5-7(2)16-12-8/h5-6H,3-4H2,1-2H3,(H,11,15)(H,13,14). The van der Waals surface area contributed by atoms with Crippen LogP contribution in [0.5, 0.6) is 0 Å². The number of hydrogen-bond donors (Lipinski definition) is 2. The summed E-state index contributed by atoms with van der Waals surface area (Å²) in [6, 6.07) is 1.32. The number of carboxylic acid groups (broad SMARTS) is 1. The molecule has 1 atom stereocenters. The van der Waals surface area contributed by atoms with Gasteiger partial charge < -0.3 is 14.9 Å². The molecule has 1 heterocycles. The second kappa shape index (κ2) is 5.29. The molecule has 1 amide bonds. The fourth-order valence-corrected chi connectivity index (χ4v) is 1.18. The van der Waals surface area contributed by atoms with Crippen molar-refractivity contribution in [2.45, 2.75) is 32.7 Å². The number of carbonyl (C=O) groups is 2. The molecule has 0 saturated carbocycles. The predicted molar refractivity (Wildman–Crippen MR) is 55.0 cm³/mol. The van der Waals surface area contributed by atoms with Gasteiger partial charge in [0, 0.05) is 18.5 Å². The van der Waals surface area contributed by atoms with E-state index in [0.29, 0.717) is 12.2 Å². The Morgan fingerprint density at radius 2 is 2.31 bits per heavy atom. The summed E-state index contributed by atoms with van der Waals surface area (Å²) in [5.74, 6) is -0.670. The Labute approximate surface area is 92.6 Å². The zero-order valence-corrected chi connectivity index (χ0v) is 9.19. The second-order valence-corrected chi connectivity index (χ2v) is 3.63. The molecular formula is C10H14N2O4. The lowest BCUT2D eigenvalue weighted by Crippen LogP contribution is -2.33. The zero-order chi connectivity index (χ0) is 12.1. The third-order valence-electron chi connectivity index (χ3n) is 2.03. The molecule has 0 aliphatic heterocycles. The minimum absolute atomic E-state index is 0.0271. The molecule has 1 aromatic heterocycles. The fraction of sp³-hybridized carbons (Fsp3) is 0.500. The molecule has 0 bridgehead atoms. The van der Waals surface area contributed by atoms with Crippen LogP contribution in [0.15, 0.2) is 10.6 Å². The number of carboxylic acids is 1. The molecule has 1 unspecified atom stereocenters. The number of aromatic nitrogens is 1. The predicted octanol–water partition coefficient (Wildman–Crippen LogP) is 0.966. The van der Waals surface area contributed by atoms with Crippen LogP contribution >= 0.6 is 0 Å². The van der Waals surface area contributed by atoms with E-state index in [4.69, 9.17) is 9.63 Å². The summed E-state index contributed by atoms with van der Waals surface area (Å²) in [4.78, 5) is 21.9. The topological polar surface area (TPSA) is 92.4 Å². The van der Waals surface area contributed by atoms with Gasteiger partial charge in [0.1, 0.15) is 5.76 Å². The third kappa shape index (κ3) is 3.72. The molecule has 88 valence electrons. The average molecular weight is 226 g/mol. The number of nitrogens with one attached hydrogen (secondary N) is 1. The highest BCUT2D eigenvalue weighted by atomic mass is 16.5. The van der Waals surface area contributed by atoms with E-state index in [2.05, 4.69) is 10.5 Å². The summed E-state index contributed by atoms with van der Waals surface area (Å²) in [5, 5.41) is 14.7. The highest BCUT2D eigenvalue weighted by Crippen LogP contribution is 2.03. The van der Waals surface area contributed by atoms with Crippen molar-refractivity contribution in [1.29, 1.82) is 0 Å². The van der Waals surface area contributed by atoms with Crippen molar-refractivity contribution in [2.75, 3.05) is 0 Å². The highest BCUT2D eigenvalue weighted by Gasteiger charge is 2.14. The molecular weight excluding hydrogens is 212 g/mol. The van der Waals surface area contributed by atoms with Gasteiger partial charge in [-0.3, -0.25) is 9.59 Å². The molecule has 6 heteroatoms. The lowest BCUT2D eigenvalue weighted by Gasteiger charge is -2.10. The first-order chi connectivity index (χ1) is 7.49. The van der Waals surface area contributed by atoms with Crippen LogP contribution in [-0.2, 0) is 4.79 Å². The molecule has 0 radical (unpaired) electrons. The quantitative estimate of drug-likeness (QED) is 0.780. The minimum Gasteiger partial charge on any atom is -0.481 e. The molecule has 0 fully saturated rings. The van der Waals surface area contributed by atoms with E-state index in [1.165, 1.54) is 6.07 Å². The Balaban J connectivity index is 2.42. The summed E-state index contributed by atoms with van der Waals surface area (Å²) in [6.45, 7) is 3.44. The van der Waals surface area contributed by atoms with E-state index in [9.17, 15) is 9.59 Å². The number of aliphatic carboxylic acids is 1. The molecule has 0 spiro atoms. The number of hydrogen-bond acceptors (Lipinski definition) is 4. The van der Waals surface area contributed by atoms with Crippen molar-refractivity contribution in [3.63, 3.8) is 0 Å². The lowest BCUT2D eigenvalue weighted by atomic mass is 10.2. The Bertz CT molecular complexity index is 386. The van der Waals surface area contributed by atoms with Gasteiger partial charge in [-0.25, -0.2) is 0 Å². The lowest BCUT2D eigenvalue weighted by molar-refractivity contribution is -0.137. The van der Waals surface area contributed by atoms with Gasteiger partial charge >= 0.3 is 5.97 Å². The van der Waals surface area contributed by atoms with Crippen molar-refractivity contribution in [2.24, 2.45) is 0 Å². The minimum atomic E-state index is -0.877. The van der Waals surface area contributed by atoms with Crippen LogP contribution in [0.3, 0.4) is 0 Å². The van der Waals surface area contributed by atoms with E-state index in [1.807, 2.05) is 0 Å². The Hall–Kier alpha value is -1.85. The number of nitrogens with zero attached hydrogens (tertiary/aromatic N) is 1. The number of aryl methyl sites for hydroxylation is 1. The van der Waals surface area contributed by atoms with Crippen molar-refractivity contribution in [3.05, 3.63) is 17.5 Å². The Morgan fingerprint density at radius 3 is 2.81 bits per heavy atom. The Morgan fingerprint density at radius 1 is 1.62 bits per heavy atom. The first-order valence-corrected chi connectivity index (χ1v) is 4.95. The van der Waals surface area contributed by atoms with Gasteiger partial charge in [0.25, 0.3) is 5.91 Å².